The van der Waals surface area contributed by atoms with Gasteiger partial charge < -0.3 is 9.47 Å². The zero-order valence-corrected chi connectivity index (χ0v) is 12.2. The van der Waals surface area contributed by atoms with Crippen molar-refractivity contribution in [2.24, 2.45) is 0 Å². The highest BCUT2D eigenvalue weighted by atomic mass is 16.6. The number of amides is 2. The summed E-state index contributed by atoms with van der Waals surface area (Å²) in [5.74, 6) is -1.20. The monoisotopic (exact) mass is 311 g/mol. The largest absolute Gasteiger partial charge is 0.474 e. The minimum Gasteiger partial charge on any atom is -0.474 e. The molecule has 0 heterocycles. The normalized spacial score (nSPS) is 11.4. The molecular weight excluding hydrogens is 294 g/mol. The highest BCUT2D eigenvalue weighted by molar-refractivity contribution is 5.85. The van der Waals surface area contributed by atoms with Crippen molar-refractivity contribution in [1.29, 1.82) is 0 Å². The molecule has 2 amide bonds. The van der Waals surface area contributed by atoms with Crippen molar-refractivity contribution < 1.29 is 24.0 Å². The average molecular weight is 311 g/mol. The lowest BCUT2D eigenvalue weighted by Gasteiger charge is -2.15. The highest BCUT2D eigenvalue weighted by Crippen LogP contribution is 2.26. The van der Waals surface area contributed by atoms with Crippen LogP contribution in [0.2, 0.25) is 0 Å². The van der Waals surface area contributed by atoms with Crippen LogP contribution in [0.3, 0.4) is 0 Å². The van der Waals surface area contributed by atoms with Crippen molar-refractivity contribution in [2.45, 2.75) is 20.0 Å². The van der Waals surface area contributed by atoms with E-state index in [9.17, 15) is 19.7 Å². The van der Waals surface area contributed by atoms with Crippen molar-refractivity contribution in [1.82, 2.24) is 10.9 Å². The van der Waals surface area contributed by atoms with Gasteiger partial charge >= 0.3 is 5.69 Å². The zero-order valence-electron chi connectivity index (χ0n) is 12.2. The molecule has 9 nitrogen and oxygen atoms in total. The Labute approximate surface area is 126 Å². The molecule has 1 rings (SSSR count). The van der Waals surface area contributed by atoms with Gasteiger partial charge in [-0.15, -0.1) is 0 Å². The number of hydrogen-bond donors (Lipinski definition) is 2. The van der Waals surface area contributed by atoms with Crippen molar-refractivity contribution >= 4 is 17.5 Å². The smallest absolute Gasteiger partial charge is 0.310 e. The van der Waals surface area contributed by atoms with Gasteiger partial charge in [0.15, 0.2) is 11.9 Å². The maximum absolute atomic E-state index is 11.7. The minimum absolute atomic E-state index is 0.0317. The lowest BCUT2D eigenvalue weighted by molar-refractivity contribution is -0.386. The predicted molar refractivity (Wildman–Crippen MR) is 76.0 cm³/mol. The van der Waals surface area contributed by atoms with E-state index >= 15 is 0 Å². The third-order valence-electron chi connectivity index (χ3n) is 2.50. The molecule has 9 heteroatoms. The molecular formula is C13H17N3O6. The molecule has 0 aliphatic rings. The van der Waals surface area contributed by atoms with E-state index in [1.807, 2.05) is 0 Å². The van der Waals surface area contributed by atoms with E-state index in [0.717, 1.165) is 0 Å². The predicted octanol–water partition coefficient (Wildman–Crippen LogP) is 0.546. The SMILES string of the molecule is CCOCC(=O)NNC(=O)C(C)Oc1ccccc1[N+](=O)[O-]. The van der Waals surface area contributed by atoms with Crippen LogP contribution < -0.4 is 15.6 Å². The Balaban J connectivity index is 2.54. The van der Waals surface area contributed by atoms with Gasteiger partial charge in [-0.2, -0.15) is 0 Å². The van der Waals surface area contributed by atoms with E-state index in [4.69, 9.17) is 9.47 Å². The molecule has 0 saturated heterocycles. The number of hydrogen-bond acceptors (Lipinski definition) is 6. The number of para-hydroxylation sites is 2. The summed E-state index contributed by atoms with van der Waals surface area (Å²) in [6.45, 7) is 3.32. The molecule has 0 aliphatic heterocycles. The lowest BCUT2D eigenvalue weighted by atomic mass is 10.3. The van der Waals surface area contributed by atoms with Crippen molar-refractivity contribution in [2.75, 3.05) is 13.2 Å². The summed E-state index contributed by atoms with van der Waals surface area (Å²) in [5.41, 5.74) is 4.04. The van der Waals surface area contributed by atoms with Crippen LogP contribution in [0.4, 0.5) is 5.69 Å². The summed E-state index contributed by atoms with van der Waals surface area (Å²) < 4.78 is 10.1. The Kier molecular flexibility index (Phi) is 6.77. The number of carbonyl (C=O) groups excluding carboxylic acids is 2. The molecule has 0 bridgehead atoms. The maximum Gasteiger partial charge on any atom is 0.310 e. The summed E-state index contributed by atoms with van der Waals surface area (Å²) in [6.07, 6.45) is -1.03. The first-order chi connectivity index (χ1) is 10.5. The van der Waals surface area contributed by atoms with Crippen LogP contribution in [0, 0.1) is 10.1 Å². The van der Waals surface area contributed by atoms with Gasteiger partial charge in [-0.05, 0) is 19.9 Å². The molecule has 0 aromatic heterocycles. The molecule has 0 radical (unpaired) electrons. The third kappa shape index (κ3) is 5.37. The van der Waals surface area contributed by atoms with Gasteiger partial charge in [-0.1, -0.05) is 12.1 Å². The van der Waals surface area contributed by atoms with Crippen LogP contribution >= 0.6 is 0 Å². The second kappa shape index (κ2) is 8.57. The number of nitro groups is 1. The second-order valence-corrected chi connectivity index (χ2v) is 4.16. The molecule has 0 aliphatic carbocycles. The number of rotatable bonds is 7. The van der Waals surface area contributed by atoms with Crippen LogP contribution in [0.15, 0.2) is 24.3 Å². The first-order valence-corrected chi connectivity index (χ1v) is 6.52. The number of nitrogens with one attached hydrogen (secondary N) is 2. The Hall–Kier alpha value is -2.68. The van der Waals surface area contributed by atoms with Crippen molar-refractivity contribution in [3.63, 3.8) is 0 Å². The molecule has 0 saturated carbocycles. The lowest BCUT2D eigenvalue weighted by Crippen LogP contribution is -2.48. The summed E-state index contributed by atoms with van der Waals surface area (Å²) in [5, 5.41) is 10.8. The summed E-state index contributed by atoms with van der Waals surface area (Å²) in [4.78, 5) is 33.2. The van der Waals surface area contributed by atoms with Crippen molar-refractivity contribution in [3.8, 4) is 5.75 Å². The molecule has 1 aromatic rings. The summed E-state index contributed by atoms with van der Waals surface area (Å²) >= 11 is 0. The first kappa shape index (κ1) is 17.4. The average Bonchev–Trinajstić information content (AvgIpc) is 2.50. The zero-order chi connectivity index (χ0) is 16.5. The summed E-state index contributed by atoms with van der Waals surface area (Å²) in [7, 11) is 0. The van der Waals surface area contributed by atoms with E-state index in [0.29, 0.717) is 6.61 Å². The standard InChI is InChI=1S/C13H17N3O6/c1-3-21-8-12(17)14-15-13(18)9(2)22-11-7-5-4-6-10(11)16(19)20/h4-7,9H,3,8H2,1-2H3,(H,14,17)(H,15,18). The van der Waals surface area contributed by atoms with E-state index < -0.39 is 22.8 Å². The third-order valence-corrected chi connectivity index (χ3v) is 2.50. The number of carbonyl (C=O) groups is 2. The van der Waals surface area contributed by atoms with Gasteiger partial charge in [0, 0.05) is 12.7 Å². The van der Waals surface area contributed by atoms with Crippen LogP contribution in [0.5, 0.6) is 5.75 Å². The Bertz CT molecular complexity index is 548. The second-order valence-electron chi connectivity index (χ2n) is 4.16. The van der Waals surface area contributed by atoms with E-state index in [1.54, 1.807) is 13.0 Å². The summed E-state index contributed by atoms with van der Waals surface area (Å²) in [6, 6.07) is 5.69. The van der Waals surface area contributed by atoms with Crippen molar-refractivity contribution in [3.05, 3.63) is 34.4 Å². The quantitative estimate of drug-likeness (QED) is 0.560. The number of benzene rings is 1. The van der Waals surface area contributed by atoms with E-state index in [2.05, 4.69) is 10.9 Å². The number of nitro benzene ring substituents is 1. The van der Waals surface area contributed by atoms with Gasteiger partial charge in [-0.25, -0.2) is 0 Å². The molecule has 120 valence electrons. The van der Waals surface area contributed by atoms with Crippen LogP contribution in [-0.2, 0) is 14.3 Å². The highest BCUT2D eigenvalue weighted by Gasteiger charge is 2.20. The fourth-order valence-electron chi connectivity index (χ4n) is 1.42. The molecule has 2 N–H and O–H groups in total. The van der Waals surface area contributed by atoms with Gasteiger partial charge in [0.1, 0.15) is 6.61 Å². The Morgan fingerprint density at radius 1 is 1.32 bits per heavy atom. The van der Waals surface area contributed by atoms with Crippen LogP contribution in [0.25, 0.3) is 0 Å². The van der Waals surface area contributed by atoms with Gasteiger partial charge in [0.2, 0.25) is 0 Å². The molecule has 1 aromatic carbocycles. The molecule has 0 fully saturated rings. The topological polar surface area (TPSA) is 120 Å². The number of nitrogens with zero attached hydrogens (tertiary/aromatic N) is 1. The van der Waals surface area contributed by atoms with Gasteiger partial charge in [0.25, 0.3) is 11.8 Å². The van der Waals surface area contributed by atoms with Crippen LogP contribution in [-0.4, -0.2) is 36.1 Å². The molecule has 22 heavy (non-hydrogen) atoms. The van der Waals surface area contributed by atoms with Gasteiger partial charge in [0.05, 0.1) is 4.92 Å². The van der Waals surface area contributed by atoms with Gasteiger partial charge in [-0.3, -0.25) is 30.6 Å². The molecule has 1 unspecified atom stereocenters. The minimum atomic E-state index is -1.03. The fourth-order valence-corrected chi connectivity index (χ4v) is 1.42. The first-order valence-electron chi connectivity index (χ1n) is 6.52. The van der Waals surface area contributed by atoms with E-state index in [1.165, 1.54) is 25.1 Å². The number of ether oxygens (including phenoxy) is 2. The van der Waals surface area contributed by atoms with Crippen LogP contribution in [0.1, 0.15) is 13.8 Å². The molecule has 1 atom stereocenters. The van der Waals surface area contributed by atoms with E-state index in [-0.39, 0.29) is 18.0 Å². The molecule has 0 spiro atoms. The number of hydrazine groups is 1. The Morgan fingerprint density at radius 2 is 2.00 bits per heavy atom. The maximum atomic E-state index is 11.7. The Morgan fingerprint density at radius 3 is 2.64 bits per heavy atom. The fraction of sp³-hybridized carbons (Fsp3) is 0.385.